The molecule has 1 aliphatic rings. The molecule has 5 N–H and O–H groups in total. The Hall–Kier alpha value is -2.13. The normalized spacial score (nSPS) is 24.5. The van der Waals surface area contributed by atoms with Gasteiger partial charge in [-0.2, -0.15) is 0 Å². The van der Waals surface area contributed by atoms with Crippen LogP contribution in [0.25, 0.3) is 11.2 Å². The Balaban J connectivity index is 1.44. The molecule has 2 aromatic heterocycles. The quantitative estimate of drug-likeness (QED) is 0.123. The van der Waals surface area contributed by atoms with Crippen molar-refractivity contribution in [3.05, 3.63) is 48.5 Å². The maximum absolute atomic E-state index is 13.7. The molecule has 3 aromatic rings. The topological polar surface area (TPSA) is 184 Å². The lowest BCUT2D eigenvalue weighted by molar-refractivity contribution is -0.119. The summed E-state index contributed by atoms with van der Waals surface area (Å²) in [5.41, 5.74) is 6.57. The molecule has 0 bridgehead atoms. The highest BCUT2D eigenvalue weighted by Gasteiger charge is 2.54. The predicted octanol–water partition coefficient (Wildman–Crippen LogP) is 2.87. The van der Waals surface area contributed by atoms with Crippen molar-refractivity contribution in [3.8, 4) is 0 Å². The minimum Gasteiger partial charge on any atom is -0.395 e. The van der Waals surface area contributed by atoms with Gasteiger partial charge in [0.15, 0.2) is 22.8 Å². The monoisotopic (exact) mass is 628 g/mol. The molecule has 224 valence electrons. The predicted molar refractivity (Wildman–Crippen MR) is 155 cm³/mol. The first-order valence-corrected chi connectivity index (χ1v) is 15.7. The third-order valence-corrected chi connectivity index (χ3v) is 9.76. The molecule has 13 nitrogen and oxygen atoms in total. The van der Waals surface area contributed by atoms with Crippen LogP contribution in [0.15, 0.2) is 43.0 Å². The number of nitrogen functional groups attached to an aromatic ring is 1. The van der Waals surface area contributed by atoms with Crippen molar-refractivity contribution in [2.45, 2.75) is 50.6 Å². The van der Waals surface area contributed by atoms with Crippen LogP contribution in [0.4, 0.5) is 5.82 Å². The molecule has 1 saturated heterocycles. The van der Waals surface area contributed by atoms with E-state index in [1.165, 1.54) is 12.7 Å². The highest BCUT2D eigenvalue weighted by atomic mass is 35.5. The van der Waals surface area contributed by atoms with E-state index in [1.807, 2.05) is 30.3 Å². The average molecular weight is 629 g/mol. The number of ether oxygens (including phenoxy) is 1. The van der Waals surface area contributed by atoms with E-state index in [-0.39, 0.29) is 43.1 Å². The number of nitrogens with two attached hydrogens (primary N) is 1. The molecule has 0 radical (unpaired) electrons. The molecule has 0 aliphatic carbocycles. The van der Waals surface area contributed by atoms with E-state index in [0.717, 1.165) is 17.3 Å². The number of fused-ring (bicyclic) bond motifs is 1. The van der Waals surface area contributed by atoms with Crippen LogP contribution in [-0.2, 0) is 29.7 Å². The smallest absolute Gasteiger partial charge is 0.395 e. The van der Waals surface area contributed by atoms with Crippen LogP contribution >= 0.6 is 31.1 Å². The van der Waals surface area contributed by atoms with E-state index in [2.05, 4.69) is 20.0 Å². The minimum absolute atomic E-state index is 0.0803. The molecule has 5 atom stereocenters. The first-order chi connectivity index (χ1) is 19.4. The van der Waals surface area contributed by atoms with Gasteiger partial charge in [0.05, 0.1) is 31.6 Å². The zero-order chi connectivity index (χ0) is 29.8. The highest BCUT2D eigenvalue weighted by Crippen LogP contribution is 2.48. The Morgan fingerprint density at radius 2 is 2.02 bits per heavy atom. The van der Waals surface area contributed by atoms with Crippen molar-refractivity contribution >= 4 is 53.2 Å². The molecule has 16 heteroatoms. The number of aromatic nitrogens is 4. The van der Waals surface area contributed by atoms with Crippen LogP contribution in [0, 0.1) is 5.41 Å². The molecular formula is C25H34ClN6O7PS. The van der Waals surface area contributed by atoms with Crippen molar-refractivity contribution < 1.29 is 33.4 Å². The van der Waals surface area contributed by atoms with E-state index >= 15 is 0 Å². The Kier molecular flexibility index (Phi) is 10.1. The standard InChI is InChI=1S/C25H34ClN6O7PS/c1-24(2,13-33)23(35)41-10-9-37-40(36,31-11-16-7-5-4-6-8-16)38-12-17-19(34)25(3,26)22(39-17)32-15-30-18-20(27)28-14-29-21(18)32/h4-8,14-15,17,19,22,33-34H,9-13H2,1-3H3,(H,31,36)(H2,27,28,29)/t17-,19-,22-,25-,40-/m1/s1. The molecule has 3 heterocycles. The third kappa shape index (κ3) is 7.27. The van der Waals surface area contributed by atoms with Crippen molar-refractivity contribution in [2.24, 2.45) is 5.41 Å². The third-order valence-electron chi connectivity index (χ3n) is 6.61. The minimum atomic E-state index is -3.95. The number of imidazole rings is 1. The van der Waals surface area contributed by atoms with Gasteiger partial charge in [0.25, 0.3) is 0 Å². The second kappa shape index (κ2) is 13.0. The van der Waals surface area contributed by atoms with Crippen LogP contribution in [0.3, 0.4) is 0 Å². The number of carbonyl (C=O) groups is 1. The second-order valence-corrected chi connectivity index (χ2v) is 14.0. The Bertz CT molecular complexity index is 1400. The van der Waals surface area contributed by atoms with E-state index < -0.39 is 36.5 Å². The number of nitrogens with one attached hydrogen (secondary N) is 1. The molecule has 1 aliphatic heterocycles. The van der Waals surface area contributed by atoms with Gasteiger partial charge in [-0.15, -0.1) is 11.6 Å². The highest BCUT2D eigenvalue weighted by molar-refractivity contribution is 8.13. The van der Waals surface area contributed by atoms with Crippen molar-refractivity contribution in [1.29, 1.82) is 0 Å². The summed E-state index contributed by atoms with van der Waals surface area (Å²) < 4.78 is 32.7. The maximum Gasteiger partial charge on any atom is 0.405 e. The second-order valence-electron chi connectivity index (χ2n) is 10.3. The fourth-order valence-corrected chi connectivity index (χ4v) is 6.56. The zero-order valence-corrected chi connectivity index (χ0v) is 25.3. The van der Waals surface area contributed by atoms with Crippen LogP contribution < -0.4 is 10.8 Å². The first kappa shape index (κ1) is 31.8. The summed E-state index contributed by atoms with van der Waals surface area (Å²) in [4.78, 5) is 23.4. The Morgan fingerprint density at radius 3 is 2.73 bits per heavy atom. The number of thioether (sulfide) groups is 1. The van der Waals surface area contributed by atoms with E-state index in [1.54, 1.807) is 25.3 Å². The lowest BCUT2D eigenvalue weighted by Crippen LogP contribution is -2.40. The number of rotatable bonds is 13. The van der Waals surface area contributed by atoms with E-state index in [9.17, 15) is 19.6 Å². The number of carbonyl (C=O) groups excluding carboxylic acids is 1. The molecule has 41 heavy (non-hydrogen) atoms. The number of nitrogens with zero attached hydrogens (tertiary/aromatic N) is 4. The number of hydrogen-bond acceptors (Lipinski definition) is 12. The first-order valence-electron chi connectivity index (χ1n) is 12.8. The van der Waals surface area contributed by atoms with Crippen LogP contribution in [0.2, 0.25) is 0 Å². The van der Waals surface area contributed by atoms with Gasteiger partial charge < -0.3 is 20.7 Å². The number of hydrogen-bond donors (Lipinski definition) is 4. The molecule has 1 fully saturated rings. The van der Waals surface area contributed by atoms with E-state index in [4.69, 9.17) is 31.1 Å². The maximum atomic E-state index is 13.7. The van der Waals surface area contributed by atoms with Crippen LogP contribution in [0.1, 0.15) is 32.6 Å². The molecule has 1 aromatic carbocycles. The molecule has 0 spiro atoms. The summed E-state index contributed by atoms with van der Waals surface area (Å²) in [6.45, 7) is 4.35. The summed E-state index contributed by atoms with van der Waals surface area (Å²) in [6, 6.07) is 9.25. The van der Waals surface area contributed by atoms with Gasteiger partial charge in [-0.25, -0.2) is 24.6 Å². The number of aliphatic hydroxyl groups excluding tert-OH is 2. The lowest BCUT2D eigenvalue weighted by Gasteiger charge is -2.26. The van der Waals surface area contributed by atoms with Crippen molar-refractivity contribution in [3.63, 3.8) is 0 Å². The largest absolute Gasteiger partial charge is 0.405 e. The number of aliphatic hydroxyl groups is 2. The summed E-state index contributed by atoms with van der Waals surface area (Å²) in [5, 5.41) is 23.1. The van der Waals surface area contributed by atoms with Gasteiger partial charge >= 0.3 is 7.75 Å². The Labute approximate surface area is 246 Å². The molecular weight excluding hydrogens is 595 g/mol. The summed E-state index contributed by atoms with van der Waals surface area (Å²) in [5.74, 6) is 0.372. The van der Waals surface area contributed by atoms with Crippen molar-refractivity contribution in [2.75, 3.05) is 31.3 Å². The fourth-order valence-electron chi connectivity index (χ4n) is 4.03. The van der Waals surface area contributed by atoms with Gasteiger partial charge in [-0.1, -0.05) is 42.1 Å². The van der Waals surface area contributed by atoms with E-state index in [0.29, 0.717) is 11.2 Å². The lowest BCUT2D eigenvalue weighted by atomic mass is 9.97. The number of anilines is 1. The number of benzene rings is 1. The average Bonchev–Trinajstić information content (AvgIpc) is 3.48. The molecule has 0 saturated carbocycles. The molecule has 0 unspecified atom stereocenters. The zero-order valence-electron chi connectivity index (χ0n) is 22.8. The van der Waals surface area contributed by atoms with Gasteiger partial charge in [0.1, 0.15) is 28.9 Å². The van der Waals surface area contributed by atoms with Gasteiger partial charge in [0, 0.05) is 12.3 Å². The van der Waals surface area contributed by atoms with Crippen LogP contribution in [0.5, 0.6) is 0 Å². The number of alkyl halides is 1. The van der Waals surface area contributed by atoms with Crippen LogP contribution in [-0.4, -0.2) is 77.5 Å². The van der Waals surface area contributed by atoms with Crippen molar-refractivity contribution in [1.82, 2.24) is 24.6 Å². The Morgan fingerprint density at radius 1 is 1.29 bits per heavy atom. The molecule has 4 rings (SSSR count). The summed E-state index contributed by atoms with van der Waals surface area (Å²) in [7, 11) is -3.95. The summed E-state index contributed by atoms with van der Waals surface area (Å²) >= 11 is 7.73. The van der Waals surface area contributed by atoms with Gasteiger partial charge in [-0.05, 0) is 26.3 Å². The fraction of sp³-hybridized carbons (Fsp3) is 0.520. The van der Waals surface area contributed by atoms with Gasteiger partial charge in [0.2, 0.25) is 0 Å². The number of halogens is 1. The van der Waals surface area contributed by atoms with Gasteiger partial charge in [-0.3, -0.25) is 18.4 Å². The SMILES string of the molecule is CC(C)(CO)C(=O)SCCO[P@](=O)(NCc1ccccc1)OC[C@H]1O[C@@H](n2cnc3c(N)ncnc32)[C@](C)(Cl)[C@@H]1O. The molecule has 0 amide bonds. The summed E-state index contributed by atoms with van der Waals surface area (Å²) in [6.07, 6.45) is -0.403.